The normalized spacial score (nSPS) is 16.2. The molecule has 0 spiro atoms. The number of fused-ring (bicyclic) bond motifs is 1. The van der Waals surface area contributed by atoms with Gasteiger partial charge < -0.3 is 15.2 Å². The highest BCUT2D eigenvalue weighted by atomic mass is 35.5. The summed E-state index contributed by atoms with van der Waals surface area (Å²) in [4.78, 5) is 29.0. The van der Waals surface area contributed by atoms with Crippen LogP contribution in [0.25, 0.3) is 0 Å². The molecule has 138 valence electrons. The molecule has 0 aliphatic carbocycles. The minimum Gasteiger partial charge on any atom is -0.501 e. The van der Waals surface area contributed by atoms with Crippen molar-refractivity contribution in [3.8, 4) is 5.75 Å². The monoisotopic (exact) mass is 397 g/mol. The van der Waals surface area contributed by atoms with Crippen molar-refractivity contribution in [3.63, 3.8) is 0 Å². The fraction of sp³-hybridized carbons (Fsp3) is 0.353. The van der Waals surface area contributed by atoms with Crippen LogP contribution in [-0.4, -0.2) is 27.2 Å². The zero-order valence-corrected chi connectivity index (χ0v) is 15.5. The lowest BCUT2D eigenvalue weighted by Gasteiger charge is -2.26. The minimum absolute atomic E-state index is 0.142. The average molecular weight is 398 g/mol. The molecular weight excluding hydrogens is 381 g/mol. The molecule has 0 saturated heterocycles. The number of carbonyl (C=O) groups excluding carboxylic acids is 1. The highest BCUT2D eigenvalue weighted by molar-refractivity contribution is 6.42. The lowest BCUT2D eigenvalue weighted by Crippen LogP contribution is -2.36. The molecule has 0 saturated carbocycles. The molecule has 2 aromatic rings. The van der Waals surface area contributed by atoms with Crippen LogP contribution in [0.3, 0.4) is 0 Å². The molecule has 3 rings (SSSR count). The maximum absolute atomic E-state index is 12.4. The first-order chi connectivity index (χ1) is 12.4. The van der Waals surface area contributed by atoms with Crippen LogP contribution in [-0.2, 0) is 17.8 Å². The van der Waals surface area contributed by atoms with Crippen LogP contribution in [0.1, 0.15) is 41.3 Å². The van der Waals surface area contributed by atoms with Crippen molar-refractivity contribution in [3.05, 3.63) is 55.7 Å². The van der Waals surface area contributed by atoms with Gasteiger partial charge in [0.15, 0.2) is 5.69 Å². The molecule has 1 aromatic carbocycles. The predicted molar refractivity (Wildman–Crippen MR) is 96.8 cm³/mol. The van der Waals surface area contributed by atoms with Gasteiger partial charge >= 0.3 is 0 Å². The van der Waals surface area contributed by atoms with Gasteiger partial charge in [-0.2, -0.15) is 0 Å². The molecule has 9 heteroatoms. The summed E-state index contributed by atoms with van der Waals surface area (Å²) in [6, 6.07) is 4.96. The number of hydrogen-bond donors (Lipinski definition) is 2. The van der Waals surface area contributed by atoms with E-state index in [2.05, 4.69) is 10.3 Å². The third-order valence-electron chi connectivity index (χ3n) is 4.12. The van der Waals surface area contributed by atoms with E-state index in [0.717, 1.165) is 5.56 Å². The average Bonchev–Trinajstić information content (AvgIpc) is 2.64. The summed E-state index contributed by atoms with van der Waals surface area (Å²) in [6.45, 7) is 2.68. The smallest absolute Gasteiger partial charge is 0.296 e. The molecule has 1 aromatic heterocycles. The quantitative estimate of drug-likeness (QED) is 0.826. The number of nitrogens with one attached hydrogen (secondary N) is 1. The van der Waals surface area contributed by atoms with Crippen LogP contribution in [0.4, 0.5) is 0 Å². The van der Waals surface area contributed by atoms with Gasteiger partial charge in [0.1, 0.15) is 11.9 Å². The lowest BCUT2D eigenvalue weighted by molar-refractivity contribution is 0.0113. The third kappa shape index (κ3) is 3.56. The van der Waals surface area contributed by atoms with Crippen LogP contribution in [0.2, 0.25) is 10.0 Å². The third-order valence-corrected chi connectivity index (χ3v) is 4.86. The number of amides is 1. The Morgan fingerprint density at radius 2 is 2.19 bits per heavy atom. The van der Waals surface area contributed by atoms with Gasteiger partial charge in [-0.15, -0.1) is 0 Å². The second kappa shape index (κ2) is 7.65. The number of aromatic hydroxyl groups is 1. The molecular formula is C17H17Cl2N3O4. The fourth-order valence-electron chi connectivity index (χ4n) is 2.76. The highest BCUT2D eigenvalue weighted by Crippen LogP contribution is 2.25. The number of rotatable bonds is 4. The van der Waals surface area contributed by atoms with Crippen LogP contribution in [0.5, 0.6) is 5.75 Å². The van der Waals surface area contributed by atoms with Crippen molar-refractivity contribution in [2.24, 2.45) is 0 Å². The van der Waals surface area contributed by atoms with Gasteiger partial charge in [-0.1, -0.05) is 36.2 Å². The summed E-state index contributed by atoms with van der Waals surface area (Å²) >= 11 is 11.8. The van der Waals surface area contributed by atoms with E-state index in [4.69, 9.17) is 27.9 Å². The summed E-state index contributed by atoms with van der Waals surface area (Å²) in [5.74, 6) is -0.979. The van der Waals surface area contributed by atoms with Gasteiger partial charge in [0.05, 0.1) is 23.2 Å². The molecule has 2 N–H and O–H groups in total. The van der Waals surface area contributed by atoms with Gasteiger partial charge in [0, 0.05) is 6.54 Å². The Kier molecular flexibility index (Phi) is 5.50. The van der Waals surface area contributed by atoms with Crippen molar-refractivity contribution in [2.75, 3.05) is 6.61 Å². The van der Waals surface area contributed by atoms with Gasteiger partial charge in [-0.25, -0.2) is 4.98 Å². The highest BCUT2D eigenvalue weighted by Gasteiger charge is 2.27. The van der Waals surface area contributed by atoms with E-state index < -0.39 is 23.3 Å². The molecule has 1 unspecified atom stereocenters. The minimum atomic E-state index is -0.669. The zero-order valence-electron chi connectivity index (χ0n) is 14.0. The molecule has 1 aliphatic rings. The Labute approximate surface area is 159 Å². The molecule has 2 heterocycles. The molecule has 0 radical (unpaired) electrons. The number of carbonyl (C=O) groups is 1. The van der Waals surface area contributed by atoms with E-state index >= 15 is 0 Å². The van der Waals surface area contributed by atoms with Crippen LogP contribution in [0.15, 0.2) is 23.0 Å². The molecule has 1 atom stereocenters. The predicted octanol–water partition coefficient (Wildman–Crippen LogP) is 2.67. The van der Waals surface area contributed by atoms with Gasteiger partial charge in [0.2, 0.25) is 5.75 Å². The van der Waals surface area contributed by atoms with Crippen molar-refractivity contribution < 1.29 is 14.6 Å². The lowest BCUT2D eigenvalue weighted by atomic mass is 10.2. The van der Waals surface area contributed by atoms with Gasteiger partial charge in [-0.3, -0.25) is 14.2 Å². The van der Waals surface area contributed by atoms with E-state index in [1.165, 1.54) is 4.57 Å². The first-order valence-electron chi connectivity index (χ1n) is 8.09. The van der Waals surface area contributed by atoms with Crippen molar-refractivity contribution in [2.45, 2.75) is 32.5 Å². The van der Waals surface area contributed by atoms with Crippen molar-refractivity contribution in [1.82, 2.24) is 14.9 Å². The number of benzene rings is 1. The van der Waals surface area contributed by atoms with E-state index in [9.17, 15) is 14.7 Å². The maximum Gasteiger partial charge on any atom is 0.296 e. The van der Waals surface area contributed by atoms with E-state index in [1.807, 2.05) is 6.92 Å². The summed E-state index contributed by atoms with van der Waals surface area (Å²) in [7, 11) is 0. The van der Waals surface area contributed by atoms with Gasteiger partial charge in [-0.05, 0) is 24.1 Å². The number of hydrogen-bond acceptors (Lipinski definition) is 5. The number of nitrogens with zero attached hydrogens (tertiary/aromatic N) is 2. The molecule has 0 fully saturated rings. The maximum atomic E-state index is 12.4. The van der Waals surface area contributed by atoms with Crippen LogP contribution < -0.4 is 10.9 Å². The molecule has 7 nitrogen and oxygen atoms in total. The summed E-state index contributed by atoms with van der Waals surface area (Å²) in [5, 5.41) is 13.5. The molecule has 0 bridgehead atoms. The Bertz CT molecular complexity index is 914. The molecule has 1 amide bonds. The van der Waals surface area contributed by atoms with Crippen molar-refractivity contribution >= 4 is 29.1 Å². The Morgan fingerprint density at radius 1 is 1.42 bits per heavy atom. The van der Waals surface area contributed by atoms with E-state index in [-0.39, 0.29) is 18.8 Å². The Hall–Kier alpha value is -2.09. The molecule has 26 heavy (non-hydrogen) atoms. The Morgan fingerprint density at radius 3 is 2.88 bits per heavy atom. The van der Waals surface area contributed by atoms with E-state index in [0.29, 0.717) is 28.9 Å². The fourth-order valence-corrected chi connectivity index (χ4v) is 3.08. The zero-order chi connectivity index (χ0) is 18.8. The largest absolute Gasteiger partial charge is 0.501 e. The number of halogens is 2. The summed E-state index contributed by atoms with van der Waals surface area (Å²) < 4.78 is 6.92. The summed E-state index contributed by atoms with van der Waals surface area (Å²) in [5.41, 5.74) is -0.238. The van der Waals surface area contributed by atoms with Crippen LogP contribution >= 0.6 is 23.2 Å². The second-order valence-electron chi connectivity index (χ2n) is 5.82. The first-order valence-corrected chi connectivity index (χ1v) is 8.85. The standard InChI is InChI=1S/C17H17Cl2N3O4/c1-2-12-15-21-13(14(23)17(25)22(15)5-6-26-12)16(24)20-8-9-3-4-10(18)11(19)7-9/h3-4,7,12,23H,2,5-6,8H2,1H3,(H,20,24). The summed E-state index contributed by atoms with van der Waals surface area (Å²) in [6.07, 6.45) is 0.209. The van der Waals surface area contributed by atoms with Crippen molar-refractivity contribution in [1.29, 1.82) is 0 Å². The molecule has 1 aliphatic heterocycles. The van der Waals surface area contributed by atoms with Gasteiger partial charge in [0.25, 0.3) is 11.5 Å². The first kappa shape index (κ1) is 18.7. The number of aromatic nitrogens is 2. The second-order valence-corrected chi connectivity index (χ2v) is 6.64. The number of ether oxygens (including phenoxy) is 1. The topological polar surface area (TPSA) is 93.5 Å². The van der Waals surface area contributed by atoms with Crippen LogP contribution in [0, 0.1) is 0 Å². The Balaban J connectivity index is 1.86. The SMILES string of the molecule is CCC1OCCn2c1nc(C(=O)NCc1ccc(Cl)c(Cl)c1)c(O)c2=O. The van der Waals surface area contributed by atoms with E-state index in [1.54, 1.807) is 18.2 Å².